The van der Waals surface area contributed by atoms with Crippen molar-refractivity contribution in [3.8, 4) is 22.3 Å². The van der Waals surface area contributed by atoms with Gasteiger partial charge in [0.15, 0.2) is 0 Å². The van der Waals surface area contributed by atoms with Crippen LogP contribution in [-0.4, -0.2) is 22.2 Å². The minimum absolute atomic E-state index is 0.412. The average molecular weight is 475 g/mol. The Morgan fingerprint density at radius 3 is 0.972 bits per heavy atom. The number of aliphatic carboxylic acids is 2. The van der Waals surface area contributed by atoms with E-state index in [1.165, 1.54) is 0 Å². The van der Waals surface area contributed by atoms with Crippen LogP contribution in [0.1, 0.15) is 47.9 Å². The predicted octanol–water partition coefficient (Wildman–Crippen LogP) is 6.65. The van der Waals surface area contributed by atoms with E-state index in [4.69, 9.17) is 0 Å². The topological polar surface area (TPSA) is 74.6 Å². The molecule has 0 fully saturated rings. The van der Waals surface area contributed by atoms with Crippen LogP contribution in [0.3, 0.4) is 0 Å². The van der Waals surface area contributed by atoms with Gasteiger partial charge in [-0.1, -0.05) is 110 Å². The zero-order valence-electron chi connectivity index (χ0n) is 19.8. The number of carbonyl (C=O) groups is 2. The molecule has 0 spiro atoms. The van der Waals surface area contributed by atoms with Crippen molar-refractivity contribution in [3.63, 3.8) is 0 Å². The lowest BCUT2D eigenvalue weighted by Crippen LogP contribution is -2.36. The van der Waals surface area contributed by atoms with Gasteiger partial charge in [-0.15, -0.1) is 0 Å². The summed E-state index contributed by atoms with van der Waals surface area (Å²) in [5.74, 6) is -1.71. The second-order valence-electron chi connectivity index (χ2n) is 9.81. The minimum atomic E-state index is -1.13. The smallest absolute Gasteiger partial charge is 0.318 e. The molecule has 0 aliphatic heterocycles. The molecule has 6 rings (SSSR count). The van der Waals surface area contributed by atoms with Crippen LogP contribution in [-0.2, 0) is 20.4 Å². The van der Waals surface area contributed by atoms with Crippen molar-refractivity contribution in [2.24, 2.45) is 0 Å². The highest BCUT2D eigenvalue weighted by Crippen LogP contribution is 2.54. The summed E-state index contributed by atoms with van der Waals surface area (Å²) < 4.78 is 0. The van der Waals surface area contributed by atoms with Crippen molar-refractivity contribution in [1.29, 1.82) is 0 Å². The van der Waals surface area contributed by atoms with E-state index >= 15 is 0 Å². The summed E-state index contributed by atoms with van der Waals surface area (Å²) in [6.07, 6.45) is 2.01. The average Bonchev–Trinajstić information content (AvgIpc) is 3.36. The summed E-state index contributed by atoms with van der Waals surface area (Å²) in [7, 11) is 0. The lowest BCUT2D eigenvalue weighted by atomic mass is 9.71. The molecular weight excluding hydrogens is 448 g/mol. The zero-order valence-corrected chi connectivity index (χ0v) is 19.8. The minimum Gasteiger partial charge on any atom is -0.480 e. The molecule has 4 heteroatoms. The van der Waals surface area contributed by atoms with Crippen molar-refractivity contribution in [3.05, 3.63) is 119 Å². The quantitative estimate of drug-likeness (QED) is 0.294. The molecule has 0 saturated carbocycles. The molecule has 4 aromatic rings. The second kappa shape index (κ2) is 8.20. The van der Waals surface area contributed by atoms with Gasteiger partial charge in [-0.05, 0) is 57.3 Å². The molecule has 178 valence electrons. The van der Waals surface area contributed by atoms with Gasteiger partial charge in [-0.2, -0.15) is 0 Å². The molecule has 4 nitrogen and oxygen atoms in total. The fraction of sp³-hybridized carbons (Fsp3) is 0.188. The first kappa shape index (κ1) is 22.3. The van der Waals surface area contributed by atoms with E-state index in [9.17, 15) is 19.8 Å². The summed E-state index contributed by atoms with van der Waals surface area (Å²) in [5, 5.41) is 21.1. The largest absolute Gasteiger partial charge is 0.480 e. The number of hydrogen-bond acceptors (Lipinski definition) is 2. The Labute approximate surface area is 209 Å². The Kier molecular flexibility index (Phi) is 5.08. The number of unbranched alkanes of at least 4 members (excludes halogenated alkanes) is 1. The first-order chi connectivity index (χ1) is 17.5. The van der Waals surface area contributed by atoms with Crippen LogP contribution in [0.4, 0.5) is 0 Å². The van der Waals surface area contributed by atoms with Gasteiger partial charge in [0.05, 0.1) is 0 Å². The predicted molar refractivity (Wildman–Crippen MR) is 139 cm³/mol. The third-order valence-corrected chi connectivity index (χ3v) is 8.21. The Balaban J connectivity index is 1.34. The van der Waals surface area contributed by atoms with E-state index in [1.54, 1.807) is 0 Å². The normalized spacial score (nSPS) is 15.4. The third-order valence-electron chi connectivity index (χ3n) is 8.21. The van der Waals surface area contributed by atoms with Gasteiger partial charge in [0, 0.05) is 0 Å². The van der Waals surface area contributed by atoms with E-state index in [0.29, 0.717) is 25.7 Å². The highest BCUT2D eigenvalue weighted by molar-refractivity contribution is 5.98. The Morgan fingerprint density at radius 2 is 0.722 bits per heavy atom. The molecule has 2 aliphatic carbocycles. The van der Waals surface area contributed by atoms with Gasteiger partial charge in [-0.25, -0.2) is 0 Å². The van der Waals surface area contributed by atoms with E-state index in [2.05, 4.69) is 0 Å². The monoisotopic (exact) mass is 474 g/mol. The van der Waals surface area contributed by atoms with Gasteiger partial charge in [0.2, 0.25) is 0 Å². The summed E-state index contributed by atoms with van der Waals surface area (Å²) in [6.45, 7) is 0. The van der Waals surface area contributed by atoms with Crippen LogP contribution in [0.5, 0.6) is 0 Å². The molecule has 36 heavy (non-hydrogen) atoms. The van der Waals surface area contributed by atoms with Crippen molar-refractivity contribution >= 4 is 11.9 Å². The van der Waals surface area contributed by atoms with Crippen molar-refractivity contribution in [2.75, 3.05) is 0 Å². The standard InChI is InChI=1S/C32H26O4/c33-29(34)31(25-15-5-1-11-21(25)22-12-2-6-16-26(22)31)19-9-10-20-32(30(35)36)27-17-7-3-13-23(27)24-14-4-8-18-28(24)32/h1-8,11-18H,9-10,19-20H2,(H,33,34)(H,35,36). The Bertz CT molecular complexity index is 1310. The molecule has 0 bridgehead atoms. The number of benzene rings is 4. The molecule has 0 unspecified atom stereocenters. The number of carboxylic acids is 2. The highest BCUT2D eigenvalue weighted by Gasteiger charge is 2.51. The molecular formula is C32H26O4. The number of fused-ring (bicyclic) bond motifs is 6. The molecule has 0 amide bonds. The molecule has 2 aliphatic rings. The highest BCUT2D eigenvalue weighted by atomic mass is 16.4. The first-order valence-corrected chi connectivity index (χ1v) is 12.4. The summed E-state index contributed by atoms with van der Waals surface area (Å²) >= 11 is 0. The molecule has 2 N–H and O–H groups in total. The molecule has 0 atom stereocenters. The van der Waals surface area contributed by atoms with Gasteiger partial charge in [-0.3, -0.25) is 9.59 Å². The van der Waals surface area contributed by atoms with Gasteiger partial charge in [0.1, 0.15) is 10.8 Å². The number of rotatable bonds is 7. The SMILES string of the molecule is O=C(O)C1(CCCCC2(C(=O)O)c3ccccc3-c3ccccc32)c2ccccc2-c2ccccc21. The summed E-state index contributed by atoms with van der Waals surface area (Å²) in [5.41, 5.74) is 4.90. The van der Waals surface area contributed by atoms with Gasteiger partial charge >= 0.3 is 11.9 Å². The van der Waals surface area contributed by atoms with Crippen molar-refractivity contribution < 1.29 is 19.8 Å². The van der Waals surface area contributed by atoms with E-state index in [0.717, 1.165) is 44.5 Å². The fourth-order valence-electron chi connectivity index (χ4n) is 6.64. The molecule has 0 heterocycles. The van der Waals surface area contributed by atoms with Gasteiger partial charge in [0.25, 0.3) is 0 Å². The van der Waals surface area contributed by atoms with Crippen LogP contribution >= 0.6 is 0 Å². The molecule has 0 aromatic heterocycles. The van der Waals surface area contributed by atoms with Gasteiger partial charge < -0.3 is 10.2 Å². The molecule has 0 saturated heterocycles. The van der Waals surface area contributed by atoms with E-state index < -0.39 is 22.8 Å². The fourth-order valence-corrected chi connectivity index (χ4v) is 6.64. The molecule has 0 radical (unpaired) electrons. The summed E-state index contributed by atoms with van der Waals surface area (Å²) in [4.78, 5) is 25.8. The first-order valence-electron chi connectivity index (χ1n) is 12.4. The van der Waals surface area contributed by atoms with Crippen LogP contribution in [0.25, 0.3) is 22.3 Å². The van der Waals surface area contributed by atoms with Crippen LogP contribution in [0.15, 0.2) is 97.1 Å². The van der Waals surface area contributed by atoms with E-state index in [-0.39, 0.29) is 0 Å². The lowest BCUT2D eigenvalue weighted by Gasteiger charge is -2.30. The van der Waals surface area contributed by atoms with Crippen LogP contribution < -0.4 is 0 Å². The van der Waals surface area contributed by atoms with Crippen LogP contribution in [0, 0.1) is 0 Å². The molecule has 4 aromatic carbocycles. The zero-order chi connectivity index (χ0) is 24.9. The summed E-state index contributed by atoms with van der Waals surface area (Å²) in [6, 6.07) is 31.0. The van der Waals surface area contributed by atoms with E-state index in [1.807, 2.05) is 97.1 Å². The number of carboxylic acid groups (broad SMARTS) is 2. The maximum atomic E-state index is 12.9. The Morgan fingerprint density at radius 1 is 0.472 bits per heavy atom. The maximum Gasteiger partial charge on any atom is 0.318 e. The second-order valence-corrected chi connectivity index (χ2v) is 9.81. The maximum absolute atomic E-state index is 12.9. The van der Waals surface area contributed by atoms with Crippen molar-refractivity contribution in [1.82, 2.24) is 0 Å². The Hall–Kier alpha value is -4.18. The van der Waals surface area contributed by atoms with Crippen LogP contribution in [0.2, 0.25) is 0 Å². The lowest BCUT2D eigenvalue weighted by molar-refractivity contribution is -0.143. The third kappa shape index (κ3) is 2.87. The van der Waals surface area contributed by atoms with Crippen molar-refractivity contribution in [2.45, 2.75) is 36.5 Å². The number of hydrogen-bond donors (Lipinski definition) is 2.